The van der Waals surface area contributed by atoms with E-state index in [4.69, 9.17) is 0 Å². The van der Waals surface area contributed by atoms with Gasteiger partial charge < -0.3 is 15.5 Å². The summed E-state index contributed by atoms with van der Waals surface area (Å²) in [7, 11) is 0. The molecule has 1 aliphatic carbocycles. The van der Waals surface area contributed by atoms with Gasteiger partial charge in [0.1, 0.15) is 6.04 Å². The molecule has 1 aliphatic heterocycles. The van der Waals surface area contributed by atoms with Gasteiger partial charge in [-0.2, -0.15) is 0 Å². The lowest BCUT2D eigenvalue weighted by atomic mass is 9.85. The first-order chi connectivity index (χ1) is 10.2. The lowest BCUT2D eigenvalue weighted by molar-refractivity contribution is -0.134. The maximum Gasteiger partial charge on any atom is 0.315 e. The van der Waals surface area contributed by atoms with E-state index in [1.807, 2.05) is 35.2 Å². The van der Waals surface area contributed by atoms with E-state index in [1.165, 1.54) is 19.3 Å². The van der Waals surface area contributed by atoms with Crippen LogP contribution in [0.5, 0.6) is 0 Å². The normalized spacial score (nSPS) is 21.3. The van der Waals surface area contributed by atoms with Crippen LogP contribution in [0.3, 0.4) is 0 Å². The van der Waals surface area contributed by atoms with Gasteiger partial charge in [0.25, 0.3) is 0 Å². The van der Waals surface area contributed by atoms with Crippen molar-refractivity contribution in [3.05, 3.63) is 35.9 Å². The SMILES string of the molecule is O=C1NC[C@@H](C(=O)N(Cc2ccccc2)CC2CCC2)N1. The highest BCUT2D eigenvalue weighted by atomic mass is 16.2. The summed E-state index contributed by atoms with van der Waals surface area (Å²) in [4.78, 5) is 25.8. The van der Waals surface area contributed by atoms with Crippen molar-refractivity contribution in [1.29, 1.82) is 0 Å². The maximum atomic E-state index is 12.6. The van der Waals surface area contributed by atoms with E-state index in [1.54, 1.807) is 0 Å². The highest BCUT2D eigenvalue weighted by molar-refractivity contribution is 5.90. The third kappa shape index (κ3) is 3.35. The van der Waals surface area contributed by atoms with Crippen LogP contribution >= 0.6 is 0 Å². The van der Waals surface area contributed by atoms with E-state index in [-0.39, 0.29) is 11.9 Å². The maximum absolute atomic E-state index is 12.6. The first-order valence-corrected chi connectivity index (χ1v) is 7.59. The lowest BCUT2D eigenvalue weighted by Crippen LogP contribution is -2.47. The first-order valence-electron chi connectivity index (χ1n) is 7.59. The average molecular weight is 287 g/mol. The van der Waals surface area contributed by atoms with Gasteiger partial charge in [-0.1, -0.05) is 36.8 Å². The number of nitrogens with zero attached hydrogens (tertiary/aromatic N) is 1. The highest BCUT2D eigenvalue weighted by Crippen LogP contribution is 2.28. The number of urea groups is 1. The van der Waals surface area contributed by atoms with Crippen molar-refractivity contribution in [2.75, 3.05) is 13.1 Å². The summed E-state index contributed by atoms with van der Waals surface area (Å²) in [5.41, 5.74) is 1.13. The zero-order chi connectivity index (χ0) is 14.7. The Labute approximate surface area is 124 Å². The van der Waals surface area contributed by atoms with Crippen molar-refractivity contribution in [1.82, 2.24) is 15.5 Å². The second-order valence-corrected chi connectivity index (χ2v) is 5.91. The molecule has 2 fully saturated rings. The fourth-order valence-corrected chi connectivity index (χ4v) is 2.85. The van der Waals surface area contributed by atoms with Crippen LogP contribution in [0.25, 0.3) is 0 Å². The summed E-state index contributed by atoms with van der Waals surface area (Å²) in [5, 5.41) is 5.34. The average Bonchev–Trinajstić information content (AvgIpc) is 2.88. The van der Waals surface area contributed by atoms with E-state index in [0.29, 0.717) is 19.0 Å². The number of nitrogens with one attached hydrogen (secondary N) is 2. The second kappa shape index (κ2) is 6.16. The molecule has 3 rings (SSSR count). The fourth-order valence-electron chi connectivity index (χ4n) is 2.85. The molecule has 0 bridgehead atoms. The van der Waals surface area contributed by atoms with Crippen LogP contribution in [0.2, 0.25) is 0 Å². The minimum atomic E-state index is -0.429. The van der Waals surface area contributed by atoms with Gasteiger partial charge in [-0.15, -0.1) is 0 Å². The quantitative estimate of drug-likeness (QED) is 0.862. The smallest absolute Gasteiger partial charge is 0.315 e. The summed E-state index contributed by atoms with van der Waals surface area (Å²) in [6.07, 6.45) is 3.67. The fraction of sp³-hybridized carbons (Fsp3) is 0.500. The summed E-state index contributed by atoms with van der Waals surface area (Å²) in [6, 6.07) is 9.33. The molecule has 1 aromatic rings. The molecular formula is C16H21N3O2. The van der Waals surface area contributed by atoms with Crippen LogP contribution < -0.4 is 10.6 Å². The van der Waals surface area contributed by atoms with Gasteiger partial charge in [-0.25, -0.2) is 4.79 Å². The van der Waals surface area contributed by atoms with Crippen LogP contribution in [0.4, 0.5) is 4.79 Å². The molecule has 0 unspecified atom stereocenters. The largest absolute Gasteiger partial charge is 0.336 e. The predicted octanol–water partition coefficient (Wildman–Crippen LogP) is 1.50. The Morgan fingerprint density at radius 3 is 2.57 bits per heavy atom. The molecule has 1 heterocycles. The molecule has 5 heteroatoms. The Bertz CT molecular complexity index is 514. The molecule has 112 valence electrons. The molecule has 2 N–H and O–H groups in total. The van der Waals surface area contributed by atoms with E-state index in [0.717, 1.165) is 12.1 Å². The summed E-state index contributed by atoms with van der Waals surface area (Å²) in [6.45, 7) is 1.79. The van der Waals surface area contributed by atoms with E-state index >= 15 is 0 Å². The molecule has 1 saturated carbocycles. The molecule has 2 aliphatic rings. The standard InChI is InChI=1S/C16H21N3O2/c20-15(14-9-17-16(21)18-14)19(11-13-7-4-8-13)10-12-5-2-1-3-6-12/h1-3,5-6,13-14H,4,7-11H2,(H2,17,18,21)/t14-/m0/s1. The van der Waals surface area contributed by atoms with Gasteiger partial charge in [0.2, 0.25) is 5.91 Å². The summed E-state index contributed by atoms with van der Waals surface area (Å²) in [5.74, 6) is 0.631. The van der Waals surface area contributed by atoms with E-state index < -0.39 is 6.04 Å². The van der Waals surface area contributed by atoms with Crippen molar-refractivity contribution < 1.29 is 9.59 Å². The van der Waals surface area contributed by atoms with Crippen molar-refractivity contribution in [2.45, 2.75) is 31.8 Å². The molecule has 21 heavy (non-hydrogen) atoms. The summed E-state index contributed by atoms with van der Waals surface area (Å²) < 4.78 is 0. The van der Waals surface area contributed by atoms with Crippen molar-refractivity contribution in [3.8, 4) is 0 Å². The monoisotopic (exact) mass is 287 g/mol. The van der Waals surface area contributed by atoms with Gasteiger partial charge in [0.05, 0.1) is 0 Å². The van der Waals surface area contributed by atoms with Gasteiger partial charge in [-0.05, 0) is 24.3 Å². The van der Waals surface area contributed by atoms with E-state index in [2.05, 4.69) is 10.6 Å². The third-order valence-corrected chi connectivity index (χ3v) is 4.30. The Kier molecular flexibility index (Phi) is 4.08. The molecule has 0 spiro atoms. The topological polar surface area (TPSA) is 61.4 Å². The number of rotatable bonds is 5. The third-order valence-electron chi connectivity index (χ3n) is 4.30. The molecule has 3 amide bonds. The Balaban J connectivity index is 1.68. The molecular weight excluding hydrogens is 266 g/mol. The number of carbonyl (C=O) groups is 2. The van der Waals surface area contributed by atoms with Crippen LogP contribution in [0.1, 0.15) is 24.8 Å². The van der Waals surface area contributed by atoms with Gasteiger partial charge in [0.15, 0.2) is 0 Å². The Hall–Kier alpha value is -2.04. The molecule has 5 nitrogen and oxygen atoms in total. The van der Waals surface area contributed by atoms with Gasteiger partial charge in [0, 0.05) is 19.6 Å². The Morgan fingerprint density at radius 1 is 1.24 bits per heavy atom. The number of amides is 3. The van der Waals surface area contributed by atoms with Crippen LogP contribution in [-0.2, 0) is 11.3 Å². The van der Waals surface area contributed by atoms with Crippen molar-refractivity contribution in [3.63, 3.8) is 0 Å². The number of hydrogen-bond acceptors (Lipinski definition) is 2. The van der Waals surface area contributed by atoms with Crippen LogP contribution in [0, 0.1) is 5.92 Å². The minimum Gasteiger partial charge on any atom is -0.336 e. The first kappa shape index (κ1) is 13.9. The molecule has 1 saturated heterocycles. The molecule has 1 atom stereocenters. The number of carbonyl (C=O) groups excluding carboxylic acids is 2. The van der Waals surface area contributed by atoms with Crippen LogP contribution in [0.15, 0.2) is 30.3 Å². The zero-order valence-corrected chi connectivity index (χ0v) is 12.0. The van der Waals surface area contributed by atoms with Crippen molar-refractivity contribution in [2.24, 2.45) is 5.92 Å². The zero-order valence-electron chi connectivity index (χ0n) is 12.0. The summed E-state index contributed by atoms with van der Waals surface area (Å²) >= 11 is 0. The van der Waals surface area contributed by atoms with Gasteiger partial charge in [-0.3, -0.25) is 4.79 Å². The second-order valence-electron chi connectivity index (χ2n) is 5.91. The molecule has 0 aromatic heterocycles. The van der Waals surface area contributed by atoms with E-state index in [9.17, 15) is 9.59 Å². The lowest BCUT2D eigenvalue weighted by Gasteiger charge is -2.33. The van der Waals surface area contributed by atoms with Gasteiger partial charge >= 0.3 is 6.03 Å². The number of hydrogen-bond donors (Lipinski definition) is 2. The highest BCUT2D eigenvalue weighted by Gasteiger charge is 2.32. The minimum absolute atomic E-state index is 0.0177. The van der Waals surface area contributed by atoms with Crippen molar-refractivity contribution >= 4 is 11.9 Å². The van der Waals surface area contributed by atoms with Crippen LogP contribution in [-0.4, -0.2) is 36.0 Å². The molecule has 1 aromatic carbocycles. The Morgan fingerprint density at radius 2 is 2.00 bits per heavy atom. The molecule has 0 radical (unpaired) electrons. The number of benzene rings is 1. The predicted molar refractivity (Wildman–Crippen MR) is 79.5 cm³/mol.